The molecule has 0 bridgehead atoms. The monoisotopic (exact) mass is 738 g/mol. The van der Waals surface area contributed by atoms with Crippen LogP contribution in [0.1, 0.15) is 45.2 Å². The standard InChI is InChI=1S/C32H30Cl4N4O4S2/c1-39-15-27(25-11-21(33)13-31(35)29(25)17-39)19-3-7-23(8-4-19)45(41,42)37-38-46(43,44)24-9-5-20(6-10-24)28-16-40(2)18-30-26(28)12-22(34)14-32(30)36/h3-14,27-28,37-38H,15-18H2,1-2H3. The number of nitrogens with zero attached hydrogens (tertiary/aromatic N) is 2. The molecule has 0 saturated heterocycles. The van der Waals surface area contributed by atoms with E-state index in [0.717, 1.165) is 33.4 Å². The van der Waals surface area contributed by atoms with Crippen LogP contribution in [0.5, 0.6) is 0 Å². The van der Waals surface area contributed by atoms with Crippen molar-refractivity contribution in [1.82, 2.24) is 19.5 Å². The molecule has 0 radical (unpaired) electrons. The summed E-state index contributed by atoms with van der Waals surface area (Å²) < 4.78 is 52.4. The summed E-state index contributed by atoms with van der Waals surface area (Å²) in [5.74, 6) is -0.153. The summed E-state index contributed by atoms with van der Waals surface area (Å²) in [6.07, 6.45) is 0. The van der Waals surface area contributed by atoms with Gasteiger partial charge in [-0.1, -0.05) is 70.7 Å². The summed E-state index contributed by atoms with van der Waals surface area (Å²) >= 11 is 25.6. The topological polar surface area (TPSA) is 98.8 Å². The molecular weight excluding hydrogens is 710 g/mol. The van der Waals surface area contributed by atoms with Gasteiger partial charge in [0.25, 0.3) is 20.0 Å². The first kappa shape index (κ1) is 33.7. The molecule has 242 valence electrons. The van der Waals surface area contributed by atoms with Gasteiger partial charge in [0.15, 0.2) is 0 Å². The number of rotatable bonds is 7. The third-order valence-electron chi connectivity index (χ3n) is 8.48. The molecule has 0 aliphatic carbocycles. The largest absolute Gasteiger partial charge is 0.301 e. The summed E-state index contributed by atoms with van der Waals surface area (Å²) in [4.78, 5) is 8.11. The lowest BCUT2D eigenvalue weighted by Crippen LogP contribution is -2.41. The smallest absolute Gasteiger partial charge is 0.254 e. The van der Waals surface area contributed by atoms with E-state index in [1.807, 2.05) is 35.9 Å². The zero-order chi connectivity index (χ0) is 33.0. The van der Waals surface area contributed by atoms with Crippen molar-refractivity contribution < 1.29 is 16.8 Å². The SMILES string of the molecule is CN1Cc2c(Cl)cc(Cl)cc2C(c2ccc(S(=O)(=O)NNS(=O)(=O)c3ccc(C4CN(C)Cc5c(Cl)cc(Cl)cc54)cc3)cc2)C1. The number of hydrogen-bond donors (Lipinski definition) is 2. The van der Waals surface area contributed by atoms with Crippen LogP contribution in [0, 0.1) is 0 Å². The van der Waals surface area contributed by atoms with Gasteiger partial charge in [-0.15, -0.1) is 9.66 Å². The summed E-state index contributed by atoms with van der Waals surface area (Å²) in [7, 11) is -4.48. The van der Waals surface area contributed by atoms with Crippen molar-refractivity contribution >= 4 is 66.5 Å². The predicted molar refractivity (Wildman–Crippen MR) is 183 cm³/mol. The van der Waals surface area contributed by atoms with Crippen LogP contribution >= 0.6 is 46.4 Å². The van der Waals surface area contributed by atoms with E-state index in [-0.39, 0.29) is 21.6 Å². The molecule has 0 aromatic heterocycles. The van der Waals surface area contributed by atoms with Crippen molar-refractivity contribution in [1.29, 1.82) is 0 Å². The van der Waals surface area contributed by atoms with Crippen LogP contribution in [0.3, 0.4) is 0 Å². The summed E-state index contributed by atoms with van der Waals surface area (Å²) in [6.45, 7) is 2.74. The minimum Gasteiger partial charge on any atom is -0.301 e. The fraction of sp³-hybridized carbons (Fsp3) is 0.250. The highest BCUT2D eigenvalue weighted by molar-refractivity contribution is 7.92. The van der Waals surface area contributed by atoms with E-state index in [9.17, 15) is 16.8 Å². The van der Waals surface area contributed by atoms with Crippen LogP contribution < -0.4 is 9.66 Å². The summed E-state index contributed by atoms with van der Waals surface area (Å²) in [5.41, 5.74) is 5.71. The maximum Gasteiger partial charge on any atom is 0.254 e. The van der Waals surface area contributed by atoms with E-state index in [4.69, 9.17) is 46.4 Å². The van der Waals surface area contributed by atoms with Crippen molar-refractivity contribution in [3.8, 4) is 0 Å². The van der Waals surface area contributed by atoms with Crippen molar-refractivity contribution in [2.45, 2.75) is 34.7 Å². The maximum atomic E-state index is 13.1. The molecule has 8 nitrogen and oxygen atoms in total. The molecule has 2 atom stereocenters. The van der Waals surface area contributed by atoms with E-state index < -0.39 is 20.0 Å². The van der Waals surface area contributed by atoms with Crippen LogP contribution in [0.2, 0.25) is 20.1 Å². The Morgan fingerprint density at radius 3 is 1.28 bits per heavy atom. The van der Waals surface area contributed by atoms with Gasteiger partial charge < -0.3 is 9.80 Å². The fourth-order valence-electron chi connectivity index (χ4n) is 6.25. The molecular formula is C32H30Cl4N4O4S2. The van der Waals surface area contributed by atoms with Crippen LogP contribution in [0.4, 0.5) is 0 Å². The van der Waals surface area contributed by atoms with E-state index in [1.165, 1.54) is 24.3 Å². The molecule has 0 amide bonds. The van der Waals surface area contributed by atoms with Gasteiger partial charge in [-0.2, -0.15) is 0 Å². The molecule has 2 aliphatic rings. The maximum absolute atomic E-state index is 13.1. The average molecular weight is 741 g/mol. The third kappa shape index (κ3) is 6.84. The Morgan fingerprint density at radius 1 is 0.587 bits per heavy atom. The van der Waals surface area contributed by atoms with Crippen molar-refractivity contribution in [3.63, 3.8) is 0 Å². The average Bonchev–Trinajstić information content (AvgIpc) is 3.00. The lowest BCUT2D eigenvalue weighted by Gasteiger charge is -2.33. The highest BCUT2D eigenvalue weighted by Crippen LogP contribution is 2.40. The number of hydrogen-bond acceptors (Lipinski definition) is 6. The molecule has 2 aliphatic heterocycles. The summed E-state index contributed by atoms with van der Waals surface area (Å²) in [5, 5.41) is 2.24. The van der Waals surface area contributed by atoms with Gasteiger partial charge >= 0.3 is 0 Å². The number of benzene rings is 4. The molecule has 14 heteroatoms. The number of likely N-dealkylation sites (N-methyl/N-ethyl adjacent to an activating group) is 2. The van der Waals surface area contributed by atoms with Crippen LogP contribution in [-0.4, -0.2) is 53.8 Å². The molecule has 2 heterocycles. The summed E-state index contributed by atoms with van der Waals surface area (Å²) in [6, 6.07) is 19.9. The Bertz CT molecular complexity index is 1880. The minimum absolute atomic E-state index is 0.0763. The second-order valence-electron chi connectivity index (χ2n) is 11.8. The van der Waals surface area contributed by atoms with Gasteiger partial charge in [0.2, 0.25) is 0 Å². The first-order valence-corrected chi connectivity index (χ1v) is 18.8. The molecule has 0 spiro atoms. The number of sulfonamides is 2. The van der Waals surface area contributed by atoms with Gasteiger partial charge in [0, 0.05) is 58.1 Å². The Labute approximate surface area is 289 Å². The fourth-order valence-corrected chi connectivity index (χ4v) is 9.49. The Morgan fingerprint density at radius 2 is 0.935 bits per heavy atom. The highest BCUT2D eigenvalue weighted by atomic mass is 35.5. The zero-order valence-electron chi connectivity index (χ0n) is 24.8. The lowest BCUT2D eigenvalue weighted by molar-refractivity contribution is 0.295. The molecule has 0 fully saturated rings. The zero-order valence-corrected chi connectivity index (χ0v) is 29.4. The minimum atomic E-state index is -4.23. The van der Waals surface area contributed by atoms with E-state index in [2.05, 4.69) is 9.80 Å². The second kappa shape index (κ2) is 13.0. The van der Waals surface area contributed by atoms with Crippen LogP contribution in [0.15, 0.2) is 82.6 Å². The molecule has 46 heavy (non-hydrogen) atoms. The van der Waals surface area contributed by atoms with Gasteiger partial charge in [-0.3, -0.25) is 0 Å². The van der Waals surface area contributed by atoms with Gasteiger partial charge in [-0.05, 0) is 96.0 Å². The van der Waals surface area contributed by atoms with Gasteiger partial charge in [0.05, 0.1) is 9.79 Å². The lowest BCUT2D eigenvalue weighted by atomic mass is 9.85. The van der Waals surface area contributed by atoms with Crippen LogP contribution in [-0.2, 0) is 33.1 Å². The molecule has 4 aromatic rings. The normalized spacial score (nSPS) is 19.1. The number of fused-ring (bicyclic) bond motifs is 2. The van der Waals surface area contributed by atoms with Crippen molar-refractivity contribution in [2.75, 3.05) is 27.2 Å². The number of halogens is 4. The number of nitrogens with one attached hydrogen (secondary N) is 2. The first-order chi connectivity index (χ1) is 21.7. The Balaban J connectivity index is 1.17. The van der Waals surface area contributed by atoms with Gasteiger partial charge in [0.1, 0.15) is 0 Å². The van der Waals surface area contributed by atoms with Crippen molar-refractivity contribution in [3.05, 3.63) is 126 Å². The molecule has 2 N–H and O–H groups in total. The molecule has 0 saturated carbocycles. The number of hydrazine groups is 1. The quantitative estimate of drug-likeness (QED) is 0.207. The third-order valence-corrected chi connectivity index (χ3v) is 12.2. The second-order valence-corrected chi connectivity index (χ2v) is 16.8. The highest BCUT2D eigenvalue weighted by Gasteiger charge is 2.29. The van der Waals surface area contributed by atoms with Gasteiger partial charge in [-0.25, -0.2) is 16.8 Å². The van der Waals surface area contributed by atoms with E-state index in [1.54, 1.807) is 36.4 Å². The van der Waals surface area contributed by atoms with Crippen LogP contribution in [0.25, 0.3) is 0 Å². The Hall–Kier alpha value is -2.22. The predicted octanol–water partition coefficient (Wildman–Crippen LogP) is 6.63. The first-order valence-electron chi connectivity index (χ1n) is 14.3. The van der Waals surface area contributed by atoms with Crippen molar-refractivity contribution in [2.24, 2.45) is 0 Å². The Kier molecular flexibility index (Phi) is 9.52. The molecule has 2 unspecified atom stereocenters. The molecule has 4 aromatic carbocycles. The van der Waals surface area contributed by atoms with E-state index >= 15 is 0 Å². The van der Waals surface area contributed by atoms with E-state index in [0.29, 0.717) is 46.3 Å². The molecule has 6 rings (SSSR count).